The van der Waals surface area contributed by atoms with E-state index in [-0.39, 0.29) is 13.2 Å². The normalized spacial score (nSPS) is 29.7. The number of unbranched alkanes of at least 4 members (excludes halogenated alkanes) is 4. The maximum Gasteiger partial charge on any atom is 0.114 e. The highest BCUT2D eigenvalue weighted by Crippen LogP contribution is 2.17. The summed E-state index contributed by atoms with van der Waals surface area (Å²) in [6.07, 6.45) is 2.29. The first-order chi connectivity index (χ1) is 8.66. The monoisotopic (exact) mass is 262 g/mol. The molecule has 1 aliphatic heterocycles. The van der Waals surface area contributed by atoms with Crippen LogP contribution < -0.4 is 0 Å². The zero-order chi connectivity index (χ0) is 13.4. The maximum absolute atomic E-state index is 9.76. The van der Waals surface area contributed by atoms with Gasteiger partial charge in [0.25, 0.3) is 0 Å². The summed E-state index contributed by atoms with van der Waals surface area (Å²) in [7, 11) is 0. The van der Waals surface area contributed by atoms with E-state index in [9.17, 15) is 15.3 Å². The second-order valence-corrected chi connectivity index (χ2v) is 4.91. The second kappa shape index (κ2) is 8.82. The molecule has 0 aromatic rings. The Morgan fingerprint density at radius 1 is 1.22 bits per heavy atom. The molecule has 0 bridgehead atoms. The fraction of sp³-hybridized carbons (Fsp3) is 1.00. The van der Waals surface area contributed by atoms with Crippen LogP contribution in [0.25, 0.3) is 0 Å². The quantitative estimate of drug-likeness (QED) is 0.526. The van der Waals surface area contributed by atoms with Crippen LogP contribution in [0.1, 0.15) is 39.0 Å². The lowest BCUT2D eigenvalue weighted by atomic mass is 10.1. The second-order valence-electron chi connectivity index (χ2n) is 4.91. The van der Waals surface area contributed by atoms with Crippen molar-refractivity contribution in [3.63, 3.8) is 0 Å². The van der Waals surface area contributed by atoms with Gasteiger partial charge in [-0.3, -0.25) is 0 Å². The van der Waals surface area contributed by atoms with Gasteiger partial charge in [0.05, 0.1) is 13.2 Å². The van der Waals surface area contributed by atoms with E-state index in [1.807, 2.05) is 0 Å². The number of hydrogen-bond acceptors (Lipinski definition) is 5. The molecule has 5 heteroatoms. The summed E-state index contributed by atoms with van der Waals surface area (Å²) in [5.74, 6) is 0. The first kappa shape index (κ1) is 15.9. The van der Waals surface area contributed by atoms with Crippen molar-refractivity contribution in [2.75, 3.05) is 19.8 Å². The van der Waals surface area contributed by atoms with Crippen molar-refractivity contribution >= 4 is 0 Å². The van der Waals surface area contributed by atoms with Gasteiger partial charge in [0.1, 0.15) is 24.4 Å². The summed E-state index contributed by atoms with van der Waals surface area (Å²) in [5, 5.41) is 28.6. The maximum atomic E-state index is 9.76. The van der Waals surface area contributed by atoms with Gasteiger partial charge in [0.15, 0.2) is 0 Å². The minimum Gasteiger partial charge on any atom is -0.388 e. The van der Waals surface area contributed by atoms with Gasteiger partial charge in [-0.1, -0.05) is 32.6 Å². The van der Waals surface area contributed by atoms with Crippen LogP contribution >= 0.6 is 0 Å². The number of hydrogen-bond donors (Lipinski definition) is 3. The molecule has 4 unspecified atom stereocenters. The van der Waals surface area contributed by atoms with Crippen molar-refractivity contribution in [1.29, 1.82) is 0 Å². The summed E-state index contributed by atoms with van der Waals surface area (Å²) < 4.78 is 10.5. The molecule has 1 rings (SSSR count). The lowest BCUT2D eigenvalue weighted by molar-refractivity contribution is -0.0813. The number of aliphatic hydroxyl groups is 3. The molecule has 1 saturated heterocycles. The van der Waals surface area contributed by atoms with Gasteiger partial charge in [0.2, 0.25) is 0 Å². The molecule has 0 saturated carbocycles. The zero-order valence-corrected chi connectivity index (χ0v) is 11.1. The Labute approximate surface area is 109 Å². The van der Waals surface area contributed by atoms with Crippen molar-refractivity contribution < 1.29 is 24.8 Å². The van der Waals surface area contributed by atoms with Crippen molar-refractivity contribution in [3.8, 4) is 0 Å². The molecule has 108 valence electrons. The molecule has 0 spiro atoms. The standard InChI is InChI=1S/C13H26O5/c1-2-3-4-5-6-7-17-8-11(15)13-12(16)10(14)9-18-13/h10-16H,2-9H2,1H3. The first-order valence-electron chi connectivity index (χ1n) is 6.90. The van der Waals surface area contributed by atoms with Crippen LogP contribution in [-0.4, -0.2) is 59.6 Å². The SMILES string of the molecule is CCCCCCCOCC(O)C1OCC(O)C1O. The molecular formula is C13H26O5. The molecule has 0 aromatic heterocycles. The molecule has 1 fully saturated rings. The number of aliphatic hydroxyl groups excluding tert-OH is 3. The Balaban J connectivity index is 2.01. The zero-order valence-electron chi connectivity index (χ0n) is 11.1. The molecule has 1 heterocycles. The summed E-state index contributed by atoms with van der Waals surface area (Å²) in [6, 6.07) is 0. The van der Waals surface area contributed by atoms with Gasteiger partial charge >= 0.3 is 0 Å². The van der Waals surface area contributed by atoms with E-state index in [4.69, 9.17) is 9.47 Å². The van der Waals surface area contributed by atoms with Gasteiger partial charge in [0, 0.05) is 6.61 Å². The summed E-state index contributed by atoms with van der Waals surface area (Å²) in [6.45, 7) is 3.00. The van der Waals surface area contributed by atoms with E-state index in [1.54, 1.807) is 0 Å². The lowest BCUT2D eigenvalue weighted by Gasteiger charge is -2.20. The molecular weight excluding hydrogens is 236 g/mol. The Hall–Kier alpha value is -0.200. The molecule has 4 atom stereocenters. The predicted octanol–water partition coefficient (Wildman–Crippen LogP) is 0.455. The van der Waals surface area contributed by atoms with Crippen LogP contribution in [0, 0.1) is 0 Å². The average molecular weight is 262 g/mol. The fourth-order valence-corrected chi connectivity index (χ4v) is 2.07. The van der Waals surface area contributed by atoms with Crippen LogP contribution in [-0.2, 0) is 9.47 Å². The van der Waals surface area contributed by atoms with E-state index in [0.717, 1.165) is 12.8 Å². The molecule has 3 N–H and O–H groups in total. The highest BCUT2D eigenvalue weighted by atomic mass is 16.5. The Morgan fingerprint density at radius 2 is 1.94 bits per heavy atom. The summed E-state index contributed by atoms with van der Waals surface area (Å²) in [4.78, 5) is 0. The summed E-state index contributed by atoms with van der Waals surface area (Å²) in [5.41, 5.74) is 0. The lowest BCUT2D eigenvalue weighted by Crippen LogP contribution is -2.40. The largest absolute Gasteiger partial charge is 0.388 e. The Kier molecular flexibility index (Phi) is 7.77. The first-order valence-corrected chi connectivity index (χ1v) is 6.90. The van der Waals surface area contributed by atoms with Crippen molar-refractivity contribution in [1.82, 2.24) is 0 Å². The number of rotatable bonds is 9. The summed E-state index contributed by atoms with van der Waals surface area (Å²) >= 11 is 0. The van der Waals surface area contributed by atoms with Crippen LogP contribution in [0.5, 0.6) is 0 Å². The van der Waals surface area contributed by atoms with Gasteiger partial charge in [-0.2, -0.15) is 0 Å². The molecule has 0 amide bonds. The van der Waals surface area contributed by atoms with Crippen molar-refractivity contribution in [2.24, 2.45) is 0 Å². The van der Waals surface area contributed by atoms with Crippen molar-refractivity contribution in [2.45, 2.75) is 63.4 Å². The highest BCUT2D eigenvalue weighted by molar-refractivity contribution is 4.87. The number of ether oxygens (including phenoxy) is 2. The molecule has 18 heavy (non-hydrogen) atoms. The van der Waals surface area contributed by atoms with Crippen LogP contribution in [0.2, 0.25) is 0 Å². The van der Waals surface area contributed by atoms with E-state index < -0.39 is 24.4 Å². The molecule has 0 radical (unpaired) electrons. The Morgan fingerprint density at radius 3 is 2.56 bits per heavy atom. The van der Waals surface area contributed by atoms with Crippen LogP contribution in [0.15, 0.2) is 0 Å². The predicted molar refractivity (Wildman–Crippen MR) is 67.3 cm³/mol. The van der Waals surface area contributed by atoms with Crippen LogP contribution in [0.3, 0.4) is 0 Å². The molecule has 5 nitrogen and oxygen atoms in total. The smallest absolute Gasteiger partial charge is 0.114 e. The van der Waals surface area contributed by atoms with E-state index in [1.165, 1.54) is 19.3 Å². The third-order valence-corrected chi connectivity index (χ3v) is 3.25. The molecule has 1 aliphatic rings. The molecule has 0 aromatic carbocycles. The van der Waals surface area contributed by atoms with Gasteiger partial charge in [-0.25, -0.2) is 0 Å². The fourth-order valence-electron chi connectivity index (χ4n) is 2.07. The van der Waals surface area contributed by atoms with Gasteiger partial charge < -0.3 is 24.8 Å². The van der Waals surface area contributed by atoms with E-state index in [0.29, 0.717) is 6.61 Å². The third-order valence-electron chi connectivity index (χ3n) is 3.25. The minimum absolute atomic E-state index is 0.0694. The molecule has 0 aliphatic carbocycles. The van der Waals surface area contributed by atoms with E-state index in [2.05, 4.69) is 6.92 Å². The average Bonchev–Trinajstić information content (AvgIpc) is 2.69. The Bertz CT molecular complexity index is 212. The van der Waals surface area contributed by atoms with E-state index >= 15 is 0 Å². The van der Waals surface area contributed by atoms with Gasteiger partial charge in [-0.15, -0.1) is 0 Å². The minimum atomic E-state index is -1.02. The van der Waals surface area contributed by atoms with Crippen LogP contribution in [0.4, 0.5) is 0 Å². The van der Waals surface area contributed by atoms with Crippen molar-refractivity contribution in [3.05, 3.63) is 0 Å². The topological polar surface area (TPSA) is 79.2 Å². The highest BCUT2D eigenvalue weighted by Gasteiger charge is 2.39. The van der Waals surface area contributed by atoms with Gasteiger partial charge in [-0.05, 0) is 6.42 Å². The third kappa shape index (κ3) is 5.20.